The monoisotopic (exact) mass is 311 g/mol. The quantitative estimate of drug-likeness (QED) is 0.789. The second kappa shape index (κ2) is 6.86. The van der Waals surface area contributed by atoms with E-state index in [-0.39, 0.29) is 5.75 Å². The summed E-state index contributed by atoms with van der Waals surface area (Å²) in [5.74, 6) is -0.200. The fourth-order valence-electron chi connectivity index (χ4n) is 1.59. The fourth-order valence-corrected chi connectivity index (χ4v) is 2.59. The molecule has 0 aliphatic heterocycles. The Hall–Kier alpha value is -1.39. The number of anilines is 1. The molecule has 0 aliphatic rings. The molecule has 2 aromatic carbocycles. The van der Waals surface area contributed by atoms with Crippen LogP contribution in [0.1, 0.15) is 13.3 Å². The summed E-state index contributed by atoms with van der Waals surface area (Å²) in [5, 5.41) is 0.674. The molecule has 20 heavy (non-hydrogen) atoms. The molecule has 0 unspecified atom stereocenters. The van der Waals surface area contributed by atoms with Crippen LogP contribution >= 0.6 is 23.4 Å². The van der Waals surface area contributed by atoms with Gasteiger partial charge in [0.05, 0.1) is 6.61 Å². The van der Waals surface area contributed by atoms with Crippen molar-refractivity contribution in [1.82, 2.24) is 0 Å². The number of rotatable bonds is 5. The summed E-state index contributed by atoms with van der Waals surface area (Å²) < 4.78 is 19.1. The average Bonchev–Trinajstić information content (AvgIpc) is 2.43. The lowest BCUT2D eigenvalue weighted by Gasteiger charge is -2.11. The standard InChI is InChI=1S/C15H15ClFNOS/c1-2-7-19-14-9-15(13(18)8-12(14)17)20-11-5-3-10(16)4-6-11/h3-6,8-9H,2,7,18H2,1H3. The zero-order chi connectivity index (χ0) is 14.5. The van der Waals surface area contributed by atoms with E-state index in [0.717, 1.165) is 16.2 Å². The first-order valence-corrected chi connectivity index (χ1v) is 7.45. The van der Waals surface area contributed by atoms with E-state index in [1.807, 2.05) is 19.1 Å². The highest BCUT2D eigenvalue weighted by Gasteiger charge is 2.10. The van der Waals surface area contributed by atoms with Crippen molar-refractivity contribution in [3.63, 3.8) is 0 Å². The van der Waals surface area contributed by atoms with Crippen LogP contribution in [0.3, 0.4) is 0 Å². The summed E-state index contributed by atoms with van der Waals surface area (Å²) in [6.07, 6.45) is 0.823. The highest BCUT2D eigenvalue weighted by molar-refractivity contribution is 7.99. The van der Waals surface area contributed by atoms with Gasteiger partial charge in [-0.3, -0.25) is 0 Å². The van der Waals surface area contributed by atoms with Gasteiger partial charge in [-0.2, -0.15) is 0 Å². The van der Waals surface area contributed by atoms with Crippen LogP contribution in [0.5, 0.6) is 5.75 Å². The van der Waals surface area contributed by atoms with E-state index < -0.39 is 5.82 Å². The Morgan fingerprint density at radius 3 is 2.60 bits per heavy atom. The molecule has 0 aromatic heterocycles. The maximum Gasteiger partial charge on any atom is 0.167 e. The number of nitrogen functional groups attached to an aromatic ring is 1. The fraction of sp³-hybridized carbons (Fsp3) is 0.200. The number of benzene rings is 2. The lowest BCUT2D eigenvalue weighted by Crippen LogP contribution is -1.99. The van der Waals surface area contributed by atoms with Gasteiger partial charge in [-0.25, -0.2) is 4.39 Å². The van der Waals surface area contributed by atoms with E-state index >= 15 is 0 Å². The third-order valence-electron chi connectivity index (χ3n) is 2.57. The minimum Gasteiger partial charge on any atom is -0.490 e. The molecule has 5 heteroatoms. The van der Waals surface area contributed by atoms with Gasteiger partial charge in [-0.15, -0.1) is 0 Å². The molecular formula is C15H15ClFNOS. The van der Waals surface area contributed by atoms with E-state index in [1.165, 1.54) is 17.8 Å². The Balaban J connectivity index is 2.24. The second-order valence-corrected chi connectivity index (χ2v) is 5.78. The van der Waals surface area contributed by atoms with Gasteiger partial charge in [0.15, 0.2) is 11.6 Å². The van der Waals surface area contributed by atoms with Crippen LogP contribution < -0.4 is 10.5 Å². The SMILES string of the molecule is CCCOc1cc(Sc2ccc(Cl)cc2)c(N)cc1F. The molecule has 0 spiro atoms. The Morgan fingerprint density at radius 1 is 1.25 bits per heavy atom. The first-order chi connectivity index (χ1) is 9.60. The first-order valence-electron chi connectivity index (χ1n) is 6.25. The zero-order valence-corrected chi connectivity index (χ0v) is 12.6. The highest BCUT2D eigenvalue weighted by Crippen LogP contribution is 2.36. The number of nitrogens with two attached hydrogens (primary N) is 1. The molecule has 0 aliphatic carbocycles. The maximum absolute atomic E-state index is 13.7. The summed E-state index contributed by atoms with van der Waals surface area (Å²) in [7, 11) is 0. The highest BCUT2D eigenvalue weighted by atomic mass is 35.5. The van der Waals surface area contributed by atoms with Crippen molar-refractivity contribution in [2.24, 2.45) is 0 Å². The molecule has 2 aromatic rings. The molecule has 2 N–H and O–H groups in total. The van der Waals surface area contributed by atoms with Gasteiger partial charge in [0.1, 0.15) is 0 Å². The second-order valence-electron chi connectivity index (χ2n) is 4.22. The van der Waals surface area contributed by atoms with Crippen molar-refractivity contribution in [2.75, 3.05) is 12.3 Å². The molecule has 0 heterocycles. The zero-order valence-electron chi connectivity index (χ0n) is 11.0. The van der Waals surface area contributed by atoms with Crippen LogP contribution in [0.25, 0.3) is 0 Å². The minimum absolute atomic E-state index is 0.234. The summed E-state index contributed by atoms with van der Waals surface area (Å²) in [5.41, 5.74) is 6.25. The normalized spacial score (nSPS) is 10.6. The Morgan fingerprint density at radius 2 is 1.95 bits per heavy atom. The molecule has 2 nitrogen and oxygen atoms in total. The van der Waals surface area contributed by atoms with E-state index in [9.17, 15) is 4.39 Å². The molecule has 0 radical (unpaired) electrons. The third-order valence-corrected chi connectivity index (χ3v) is 3.90. The minimum atomic E-state index is -0.434. The van der Waals surface area contributed by atoms with Crippen LogP contribution in [0.15, 0.2) is 46.2 Å². The van der Waals surface area contributed by atoms with Gasteiger partial charge in [0, 0.05) is 26.6 Å². The molecule has 0 atom stereocenters. The van der Waals surface area contributed by atoms with E-state index in [4.69, 9.17) is 22.1 Å². The van der Waals surface area contributed by atoms with Crippen LogP contribution in [-0.2, 0) is 0 Å². The average molecular weight is 312 g/mol. The molecule has 0 saturated heterocycles. The molecule has 0 amide bonds. The number of halogens is 2. The van der Waals surface area contributed by atoms with Gasteiger partial charge < -0.3 is 10.5 Å². The first kappa shape index (κ1) is 15.0. The topological polar surface area (TPSA) is 35.2 Å². The van der Waals surface area contributed by atoms with Gasteiger partial charge in [-0.05, 0) is 36.8 Å². The van der Waals surface area contributed by atoms with Crippen molar-refractivity contribution in [1.29, 1.82) is 0 Å². The van der Waals surface area contributed by atoms with Gasteiger partial charge >= 0.3 is 0 Å². The van der Waals surface area contributed by atoms with Crippen molar-refractivity contribution < 1.29 is 9.13 Å². The lowest BCUT2D eigenvalue weighted by molar-refractivity contribution is 0.300. The van der Waals surface area contributed by atoms with Gasteiger partial charge in [0.2, 0.25) is 0 Å². The molecule has 0 bridgehead atoms. The van der Waals surface area contributed by atoms with Crippen LogP contribution in [0, 0.1) is 5.82 Å². The van der Waals surface area contributed by atoms with Crippen molar-refractivity contribution in [3.05, 3.63) is 47.2 Å². The molecule has 0 fully saturated rings. The Bertz CT molecular complexity index is 589. The largest absolute Gasteiger partial charge is 0.490 e. The number of hydrogen-bond acceptors (Lipinski definition) is 3. The summed E-state index contributed by atoms with van der Waals surface area (Å²) in [4.78, 5) is 1.74. The summed E-state index contributed by atoms with van der Waals surface area (Å²) in [6.45, 7) is 2.45. The lowest BCUT2D eigenvalue weighted by atomic mass is 10.3. The summed E-state index contributed by atoms with van der Waals surface area (Å²) in [6, 6.07) is 10.3. The maximum atomic E-state index is 13.7. The van der Waals surface area contributed by atoms with Crippen molar-refractivity contribution in [3.8, 4) is 5.75 Å². The van der Waals surface area contributed by atoms with E-state index in [2.05, 4.69) is 0 Å². The van der Waals surface area contributed by atoms with Crippen LogP contribution in [0.2, 0.25) is 5.02 Å². The van der Waals surface area contributed by atoms with Gasteiger partial charge in [-0.1, -0.05) is 30.3 Å². The predicted octanol–water partition coefficient (Wildman–Crippen LogP) is 5.00. The van der Waals surface area contributed by atoms with Crippen molar-refractivity contribution >= 4 is 29.1 Å². The third kappa shape index (κ3) is 3.81. The molecule has 0 saturated carbocycles. The Kier molecular flexibility index (Phi) is 5.15. The van der Waals surface area contributed by atoms with E-state index in [1.54, 1.807) is 18.2 Å². The van der Waals surface area contributed by atoms with Crippen LogP contribution in [-0.4, -0.2) is 6.61 Å². The molecular weight excluding hydrogens is 297 g/mol. The summed E-state index contributed by atoms with van der Waals surface area (Å²) >= 11 is 7.29. The van der Waals surface area contributed by atoms with Crippen LogP contribution in [0.4, 0.5) is 10.1 Å². The van der Waals surface area contributed by atoms with Crippen molar-refractivity contribution in [2.45, 2.75) is 23.1 Å². The predicted molar refractivity (Wildman–Crippen MR) is 82.2 cm³/mol. The number of ether oxygens (including phenoxy) is 1. The smallest absolute Gasteiger partial charge is 0.167 e. The van der Waals surface area contributed by atoms with E-state index in [0.29, 0.717) is 17.3 Å². The molecule has 106 valence electrons. The number of hydrogen-bond donors (Lipinski definition) is 1. The Labute approximate surface area is 127 Å². The van der Waals surface area contributed by atoms with Gasteiger partial charge in [0.25, 0.3) is 0 Å². The molecule has 2 rings (SSSR count).